The molecule has 4 aliphatic rings. The molecule has 4 N–H and O–H groups in total. The van der Waals surface area contributed by atoms with E-state index in [4.69, 9.17) is 0 Å². The lowest BCUT2D eigenvalue weighted by Gasteiger charge is -2.71. The highest BCUT2D eigenvalue weighted by Crippen LogP contribution is 2.75. The first-order valence-electron chi connectivity index (χ1n) is 13.9. The van der Waals surface area contributed by atoms with Crippen LogP contribution in [0, 0.1) is 45.3 Å². The second-order valence-electron chi connectivity index (χ2n) is 14.7. The fourth-order valence-corrected chi connectivity index (χ4v) is 10.5. The van der Waals surface area contributed by atoms with Gasteiger partial charge in [0.2, 0.25) is 0 Å². The third kappa shape index (κ3) is 3.60. The summed E-state index contributed by atoms with van der Waals surface area (Å²) >= 11 is 0. The summed E-state index contributed by atoms with van der Waals surface area (Å²) in [5, 5.41) is 46.0. The summed E-state index contributed by atoms with van der Waals surface area (Å²) in [6, 6.07) is 0. The van der Waals surface area contributed by atoms with Gasteiger partial charge in [-0.05, 0) is 117 Å². The van der Waals surface area contributed by atoms with Gasteiger partial charge in [0, 0.05) is 0 Å². The van der Waals surface area contributed by atoms with Gasteiger partial charge in [-0.2, -0.15) is 0 Å². The minimum atomic E-state index is -0.810. The van der Waals surface area contributed by atoms with E-state index in [0.29, 0.717) is 5.92 Å². The van der Waals surface area contributed by atoms with Gasteiger partial charge in [-0.3, -0.25) is 0 Å². The van der Waals surface area contributed by atoms with Crippen molar-refractivity contribution < 1.29 is 20.4 Å². The van der Waals surface area contributed by atoms with E-state index in [0.717, 1.165) is 51.4 Å². The molecule has 0 aromatic carbocycles. The van der Waals surface area contributed by atoms with E-state index >= 15 is 0 Å². The standard InChI is InChI=1S/C30H52O4/c1-18(2)10-9-13-30(8,34)19-11-15-28(6)24(19)20(31)16-22-27(5)14-12-23(33)26(3,4)25(27)21(32)17-29(22,28)7/h10,19-25,31-34H,9,11-17H2,1-8H3/t19?,20-,21+,22-,23+,24+,25-,27+,28+,29+,30-/m1/s1. The highest BCUT2D eigenvalue weighted by atomic mass is 16.3. The van der Waals surface area contributed by atoms with E-state index in [-0.39, 0.29) is 39.4 Å². The Hall–Kier alpha value is -0.420. The molecular weight excluding hydrogens is 424 g/mol. The third-order valence-electron chi connectivity index (χ3n) is 12.3. The van der Waals surface area contributed by atoms with Crippen LogP contribution in [0.15, 0.2) is 11.6 Å². The highest BCUT2D eigenvalue weighted by Gasteiger charge is 2.72. The fraction of sp³-hybridized carbons (Fsp3) is 0.933. The molecular formula is C30H52O4. The zero-order valence-electron chi connectivity index (χ0n) is 23.1. The molecule has 0 amide bonds. The van der Waals surface area contributed by atoms with Crippen LogP contribution in [0.2, 0.25) is 0 Å². The van der Waals surface area contributed by atoms with Crippen molar-refractivity contribution in [3.63, 3.8) is 0 Å². The summed E-state index contributed by atoms with van der Waals surface area (Å²) in [4.78, 5) is 0. The summed E-state index contributed by atoms with van der Waals surface area (Å²) in [5.74, 6) is 0.442. The van der Waals surface area contributed by atoms with Crippen molar-refractivity contribution in [2.24, 2.45) is 45.3 Å². The molecule has 0 aromatic rings. The maximum Gasteiger partial charge on any atom is 0.0654 e. The second kappa shape index (κ2) is 8.30. The lowest BCUT2D eigenvalue weighted by atomic mass is 9.34. The van der Waals surface area contributed by atoms with Gasteiger partial charge >= 0.3 is 0 Å². The molecule has 0 saturated heterocycles. The summed E-state index contributed by atoms with van der Waals surface area (Å²) in [6.45, 7) is 17.5. The van der Waals surface area contributed by atoms with Crippen molar-refractivity contribution in [3.8, 4) is 0 Å². The zero-order chi connectivity index (χ0) is 25.5. The molecule has 0 heterocycles. The number of aliphatic hydroxyl groups excluding tert-OH is 3. The quantitative estimate of drug-likeness (QED) is 0.406. The topological polar surface area (TPSA) is 80.9 Å². The van der Waals surface area contributed by atoms with Gasteiger partial charge in [0.15, 0.2) is 0 Å². The van der Waals surface area contributed by atoms with Crippen molar-refractivity contribution in [2.45, 2.75) is 131 Å². The van der Waals surface area contributed by atoms with Gasteiger partial charge < -0.3 is 20.4 Å². The van der Waals surface area contributed by atoms with Crippen LogP contribution in [0.1, 0.15) is 107 Å². The van der Waals surface area contributed by atoms with E-state index < -0.39 is 23.9 Å². The predicted molar refractivity (Wildman–Crippen MR) is 137 cm³/mol. The molecule has 0 bridgehead atoms. The first kappa shape index (κ1) is 26.6. The minimum absolute atomic E-state index is 0.0264. The lowest BCUT2D eigenvalue weighted by molar-refractivity contribution is -0.274. The normalized spacial score (nSPS) is 51.6. The van der Waals surface area contributed by atoms with Gasteiger partial charge in [-0.15, -0.1) is 0 Å². The predicted octanol–water partition coefficient (Wildman–Crippen LogP) is 5.47. The number of hydrogen-bond acceptors (Lipinski definition) is 4. The van der Waals surface area contributed by atoms with E-state index in [9.17, 15) is 20.4 Å². The Labute approximate surface area is 208 Å². The SMILES string of the molecule is CC(C)=CCC[C@@](C)(O)C1CC[C@@]2(C)[C@@H]1[C@H](O)C[C@@H]1[C@]3(C)CC[C@H](O)C(C)(C)[C@H]3[C@@H](O)C[C@@]12C. The Balaban J connectivity index is 1.70. The molecule has 4 fully saturated rings. The number of fused-ring (bicyclic) bond motifs is 5. The molecule has 1 unspecified atom stereocenters. The van der Waals surface area contributed by atoms with Crippen LogP contribution < -0.4 is 0 Å². The monoisotopic (exact) mass is 476 g/mol. The summed E-state index contributed by atoms with van der Waals surface area (Å²) in [5.41, 5.74) is -0.230. The van der Waals surface area contributed by atoms with Gasteiger partial charge in [0.1, 0.15) is 0 Å². The largest absolute Gasteiger partial charge is 0.393 e. The Morgan fingerprint density at radius 2 is 1.59 bits per heavy atom. The van der Waals surface area contributed by atoms with Crippen molar-refractivity contribution in [1.82, 2.24) is 0 Å². The lowest BCUT2D eigenvalue weighted by Crippen LogP contribution is -2.69. The summed E-state index contributed by atoms with van der Waals surface area (Å²) in [7, 11) is 0. The first-order chi connectivity index (χ1) is 15.5. The van der Waals surface area contributed by atoms with E-state index in [1.54, 1.807) is 0 Å². The van der Waals surface area contributed by atoms with Crippen LogP contribution in [0.25, 0.3) is 0 Å². The molecule has 4 rings (SSSR count). The molecule has 4 aliphatic carbocycles. The van der Waals surface area contributed by atoms with Crippen LogP contribution >= 0.6 is 0 Å². The first-order valence-corrected chi connectivity index (χ1v) is 13.9. The molecule has 34 heavy (non-hydrogen) atoms. The zero-order valence-corrected chi connectivity index (χ0v) is 23.1. The third-order valence-corrected chi connectivity index (χ3v) is 12.3. The second-order valence-corrected chi connectivity index (χ2v) is 14.7. The smallest absolute Gasteiger partial charge is 0.0654 e. The number of aliphatic hydroxyl groups is 4. The Morgan fingerprint density at radius 1 is 0.941 bits per heavy atom. The average molecular weight is 477 g/mol. The van der Waals surface area contributed by atoms with Crippen molar-refractivity contribution >= 4 is 0 Å². The van der Waals surface area contributed by atoms with E-state index in [2.05, 4.69) is 54.5 Å². The molecule has 11 atom stereocenters. The number of hydrogen-bond donors (Lipinski definition) is 4. The Kier molecular flexibility index (Phi) is 6.50. The molecule has 0 radical (unpaired) electrons. The van der Waals surface area contributed by atoms with E-state index in [1.807, 2.05) is 6.92 Å². The fourth-order valence-electron chi connectivity index (χ4n) is 10.5. The van der Waals surface area contributed by atoms with E-state index in [1.165, 1.54) is 5.57 Å². The number of rotatable bonds is 4. The molecule has 4 nitrogen and oxygen atoms in total. The van der Waals surface area contributed by atoms with Crippen molar-refractivity contribution in [3.05, 3.63) is 11.6 Å². The minimum Gasteiger partial charge on any atom is -0.393 e. The maximum atomic E-state index is 11.8. The number of allylic oxidation sites excluding steroid dienone is 2. The molecule has 4 saturated carbocycles. The molecule has 4 heteroatoms. The molecule has 196 valence electrons. The van der Waals surface area contributed by atoms with Gasteiger partial charge in [-0.1, -0.05) is 46.3 Å². The highest BCUT2D eigenvalue weighted by molar-refractivity contribution is 5.21. The molecule has 0 spiro atoms. The maximum absolute atomic E-state index is 11.8. The van der Waals surface area contributed by atoms with Crippen LogP contribution in [-0.2, 0) is 0 Å². The van der Waals surface area contributed by atoms with Crippen LogP contribution in [0.4, 0.5) is 0 Å². The van der Waals surface area contributed by atoms with Crippen LogP contribution in [-0.4, -0.2) is 44.3 Å². The molecule has 0 aliphatic heterocycles. The Morgan fingerprint density at radius 3 is 2.21 bits per heavy atom. The van der Waals surface area contributed by atoms with Crippen molar-refractivity contribution in [2.75, 3.05) is 0 Å². The van der Waals surface area contributed by atoms with Crippen LogP contribution in [0.5, 0.6) is 0 Å². The van der Waals surface area contributed by atoms with Gasteiger partial charge in [0.05, 0.1) is 23.9 Å². The van der Waals surface area contributed by atoms with Crippen LogP contribution in [0.3, 0.4) is 0 Å². The summed E-state index contributed by atoms with van der Waals surface area (Å²) in [6.07, 6.45) is 7.54. The summed E-state index contributed by atoms with van der Waals surface area (Å²) < 4.78 is 0. The van der Waals surface area contributed by atoms with Gasteiger partial charge in [0.25, 0.3) is 0 Å². The van der Waals surface area contributed by atoms with Crippen molar-refractivity contribution in [1.29, 1.82) is 0 Å². The van der Waals surface area contributed by atoms with Gasteiger partial charge in [-0.25, -0.2) is 0 Å². The molecule has 0 aromatic heterocycles. The Bertz CT molecular complexity index is 813. The average Bonchev–Trinajstić information content (AvgIpc) is 3.07.